The third-order valence-electron chi connectivity index (χ3n) is 2.26. The lowest BCUT2D eigenvalue weighted by Gasteiger charge is -2.27. The number of carbonyl (C=O) groups excluding carboxylic acids is 1. The Balaban J connectivity index is 2.29. The molecule has 4 heteroatoms. The van der Waals surface area contributed by atoms with Gasteiger partial charge in [0, 0.05) is 6.04 Å². The zero-order chi connectivity index (χ0) is 9.68. The van der Waals surface area contributed by atoms with Gasteiger partial charge in [-0.15, -0.1) is 11.6 Å². The molecule has 76 valence electrons. The molecule has 0 bridgehead atoms. The van der Waals surface area contributed by atoms with Crippen molar-refractivity contribution in [2.75, 3.05) is 5.75 Å². The molecule has 1 fully saturated rings. The van der Waals surface area contributed by atoms with Gasteiger partial charge in [-0.3, -0.25) is 4.79 Å². The van der Waals surface area contributed by atoms with Crippen LogP contribution in [0.4, 0.5) is 4.79 Å². The van der Waals surface area contributed by atoms with Crippen molar-refractivity contribution in [1.29, 1.82) is 0 Å². The monoisotopic (exact) mass is 221 g/mol. The highest BCUT2D eigenvalue weighted by Crippen LogP contribution is 2.23. The average molecular weight is 222 g/mol. The topological polar surface area (TPSA) is 29.1 Å². The smallest absolute Gasteiger partial charge is 0.279 e. The van der Waals surface area contributed by atoms with Gasteiger partial charge >= 0.3 is 0 Å². The van der Waals surface area contributed by atoms with Gasteiger partial charge in [-0.05, 0) is 18.6 Å². The largest absolute Gasteiger partial charge is 0.343 e. The molecule has 0 aromatic heterocycles. The Bertz CT molecular complexity index is 177. The number of halogens is 1. The van der Waals surface area contributed by atoms with Crippen LogP contribution < -0.4 is 5.32 Å². The number of nitrogens with one attached hydrogen (secondary N) is 1. The van der Waals surface area contributed by atoms with E-state index in [1.54, 1.807) is 0 Å². The quantitative estimate of drug-likeness (QED) is 0.727. The molecular weight excluding hydrogens is 206 g/mol. The zero-order valence-electron chi connectivity index (χ0n) is 7.88. The Morgan fingerprint density at radius 1 is 1.54 bits per heavy atom. The molecule has 2 atom stereocenters. The number of carbonyl (C=O) groups is 1. The summed E-state index contributed by atoms with van der Waals surface area (Å²) in [5.74, 6) is 0.825. The van der Waals surface area contributed by atoms with E-state index in [0.29, 0.717) is 0 Å². The van der Waals surface area contributed by atoms with Crippen LogP contribution in [0.1, 0.15) is 32.6 Å². The molecule has 1 aliphatic carbocycles. The predicted molar refractivity (Wildman–Crippen MR) is 58.6 cm³/mol. The highest BCUT2D eigenvalue weighted by Gasteiger charge is 2.24. The van der Waals surface area contributed by atoms with E-state index in [0.717, 1.165) is 18.6 Å². The first kappa shape index (κ1) is 11.2. The first-order valence-electron chi connectivity index (χ1n) is 4.81. The summed E-state index contributed by atoms with van der Waals surface area (Å²) in [7, 11) is 0. The maximum absolute atomic E-state index is 11.3. The number of rotatable bonds is 2. The standard InChI is InChI=1S/C9H16ClNOS/c1-2-13-9(12)11-8-6-4-3-5-7(8)10/h7-8H,2-6H2,1H3,(H,11,12)/t7-,8+/m0/s1. The third-order valence-corrected chi connectivity index (χ3v) is 3.45. The zero-order valence-corrected chi connectivity index (χ0v) is 9.46. The normalized spacial score (nSPS) is 28.5. The summed E-state index contributed by atoms with van der Waals surface area (Å²) in [6.45, 7) is 1.98. The molecule has 2 nitrogen and oxygen atoms in total. The Labute approximate surface area is 88.8 Å². The van der Waals surface area contributed by atoms with Crippen molar-refractivity contribution >= 4 is 28.6 Å². The van der Waals surface area contributed by atoms with E-state index in [4.69, 9.17) is 11.6 Å². The molecule has 0 radical (unpaired) electrons. The maximum atomic E-state index is 11.3. The van der Waals surface area contributed by atoms with Gasteiger partial charge in [0.15, 0.2) is 0 Å². The fraction of sp³-hybridized carbons (Fsp3) is 0.889. The van der Waals surface area contributed by atoms with Crippen LogP contribution in [0.5, 0.6) is 0 Å². The van der Waals surface area contributed by atoms with Crippen molar-refractivity contribution in [2.45, 2.75) is 44.0 Å². The average Bonchev–Trinajstić information content (AvgIpc) is 2.09. The lowest BCUT2D eigenvalue weighted by atomic mass is 9.95. The summed E-state index contributed by atoms with van der Waals surface area (Å²) in [6, 6.07) is 0.196. The van der Waals surface area contributed by atoms with Crippen molar-refractivity contribution in [3.8, 4) is 0 Å². The van der Waals surface area contributed by atoms with E-state index >= 15 is 0 Å². The number of amides is 1. The van der Waals surface area contributed by atoms with E-state index in [1.165, 1.54) is 24.6 Å². The molecule has 1 aliphatic rings. The molecule has 13 heavy (non-hydrogen) atoms. The summed E-state index contributed by atoms with van der Waals surface area (Å²) < 4.78 is 0. The van der Waals surface area contributed by atoms with Crippen molar-refractivity contribution in [2.24, 2.45) is 0 Å². The molecule has 0 aromatic carbocycles. The summed E-state index contributed by atoms with van der Waals surface area (Å²) >= 11 is 7.42. The second kappa shape index (κ2) is 5.76. The second-order valence-electron chi connectivity index (χ2n) is 3.27. The Morgan fingerprint density at radius 3 is 2.85 bits per heavy atom. The number of alkyl halides is 1. The molecule has 1 N–H and O–H groups in total. The minimum atomic E-state index is 0.0695. The molecule has 0 heterocycles. The fourth-order valence-electron chi connectivity index (χ4n) is 1.57. The van der Waals surface area contributed by atoms with Gasteiger partial charge in [0.05, 0.1) is 5.38 Å². The Morgan fingerprint density at radius 2 is 2.23 bits per heavy atom. The van der Waals surface area contributed by atoms with Gasteiger partial charge in [-0.1, -0.05) is 31.5 Å². The highest BCUT2D eigenvalue weighted by atomic mass is 35.5. The van der Waals surface area contributed by atoms with Crippen LogP contribution in [0.15, 0.2) is 0 Å². The van der Waals surface area contributed by atoms with Crippen LogP contribution in [0.3, 0.4) is 0 Å². The van der Waals surface area contributed by atoms with Gasteiger partial charge in [-0.2, -0.15) is 0 Å². The van der Waals surface area contributed by atoms with Crippen molar-refractivity contribution in [3.05, 3.63) is 0 Å². The van der Waals surface area contributed by atoms with Crippen molar-refractivity contribution in [3.63, 3.8) is 0 Å². The van der Waals surface area contributed by atoms with Crippen LogP contribution in [-0.2, 0) is 0 Å². The van der Waals surface area contributed by atoms with Gasteiger partial charge in [0.25, 0.3) is 5.24 Å². The van der Waals surface area contributed by atoms with Gasteiger partial charge < -0.3 is 5.32 Å². The lowest BCUT2D eigenvalue weighted by Crippen LogP contribution is -2.41. The summed E-state index contributed by atoms with van der Waals surface area (Å²) in [4.78, 5) is 11.3. The molecule has 0 unspecified atom stereocenters. The predicted octanol–water partition coefficient (Wildman–Crippen LogP) is 3.00. The summed E-state index contributed by atoms with van der Waals surface area (Å²) in [5, 5.41) is 3.17. The third kappa shape index (κ3) is 3.77. The van der Waals surface area contributed by atoms with Crippen molar-refractivity contribution in [1.82, 2.24) is 5.32 Å². The Kier molecular flexibility index (Phi) is 4.96. The minimum absolute atomic E-state index is 0.0695. The van der Waals surface area contributed by atoms with Crippen LogP contribution in [0.2, 0.25) is 0 Å². The summed E-state index contributed by atoms with van der Waals surface area (Å²) in [6.07, 6.45) is 4.44. The van der Waals surface area contributed by atoms with Crippen molar-refractivity contribution < 1.29 is 4.79 Å². The van der Waals surface area contributed by atoms with E-state index in [2.05, 4.69) is 5.32 Å². The first-order valence-corrected chi connectivity index (χ1v) is 6.23. The van der Waals surface area contributed by atoms with Crippen LogP contribution in [0, 0.1) is 0 Å². The van der Waals surface area contributed by atoms with Gasteiger partial charge in [-0.25, -0.2) is 0 Å². The molecule has 0 spiro atoms. The fourth-order valence-corrected chi connectivity index (χ4v) is 2.41. The highest BCUT2D eigenvalue weighted by molar-refractivity contribution is 8.13. The molecular formula is C9H16ClNOS. The van der Waals surface area contributed by atoms with E-state index in [-0.39, 0.29) is 16.7 Å². The SMILES string of the molecule is CCSC(=O)N[C@@H]1CCCC[C@@H]1Cl. The molecule has 0 aliphatic heterocycles. The lowest BCUT2D eigenvalue weighted by molar-refractivity contribution is 0.253. The molecule has 0 saturated heterocycles. The van der Waals surface area contributed by atoms with E-state index in [1.807, 2.05) is 6.92 Å². The van der Waals surface area contributed by atoms with Gasteiger partial charge in [0.2, 0.25) is 0 Å². The number of thioether (sulfide) groups is 1. The molecule has 1 rings (SSSR count). The molecule has 0 aromatic rings. The number of hydrogen-bond donors (Lipinski definition) is 1. The Hall–Kier alpha value is 0.110. The van der Waals surface area contributed by atoms with E-state index in [9.17, 15) is 4.79 Å². The summed E-state index contributed by atoms with van der Waals surface area (Å²) in [5.41, 5.74) is 0. The molecule has 1 saturated carbocycles. The number of hydrogen-bond acceptors (Lipinski definition) is 2. The molecule has 1 amide bonds. The minimum Gasteiger partial charge on any atom is -0.343 e. The van der Waals surface area contributed by atoms with E-state index < -0.39 is 0 Å². The van der Waals surface area contributed by atoms with Gasteiger partial charge in [0.1, 0.15) is 0 Å². The van der Waals surface area contributed by atoms with Crippen LogP contribution in [0.25, 0.3) is 0 Å². The maximum Gasteiger partial charge on any atom is 0.279 e. The second-order valence-corrected chi connectivity index (χ2v) is 5.07. The van der Waals surface area contributed by atoms with Crippen LogP contribution >= 0.6 is 23.4 Å². The van der Waals surface area contributed by atoms with Crippen LogP contribution in [-0.4, -0.2) is 22.4 Å². The first-order chi connectivity index (χ1) is 6.24.